The van der Waals surface area contributed by atoms with Crippen molar-refractivity contribution >= 4 is 12.6 Å². The molecule has 1 heteroatoms. The highest BCUT2D eigenvalue weighted by atomic mass is 32.1. The Balaban J connectivity index is 2.49. The Bertz CT molecular complexity index is 527. The summed E-state index contributed by atoms with van der Waals surface area (Å²) in [6.07, 6.45) is 0. The fourth-order valence-corrected chi connectivity index (χ4v) is 2.82. The normalized spacial score (nSPS) is 11.0. The van der Waals surface area contributed by atoms with Gasteiger partial charge in [0.1, 0.15) is 0 Å². The highest BCUT2D eigenvalue weighted by molar-refractivity contribution is 7.80. The second-order valence-electron chi connectivity index (χ2n) is 5.23. The van der Waals surface area contributed by atoms with Gasteiger partial charge in [-0.25, -0.2) is 0 Å². The maximum atomic E-state index is 4.43. The SMILES string of the molecule is Cc1cc(S)cc(C)c1-c1ccc(C(C)C)cc1. The van der Waals surface area contributed by atoms with Crippen LogP contribution in [0, 0.1) is 13.8 Å². The van der Waals surface area contributed by atoms with Crippen molar-refractivity contribution in [2.45, 2.75) is 38.5 Å². The molecule has 0 unspecified atom stereocenters. The van der Waals surface area contributed by atoms with Crippen LogP contribution in [0.3, 0.4) is 0 Å². The molecule has 0 atom stereocenters. The lowest BCUT2D eigenvalue weighted by atomic mass is 9.93. The molecule has 0 radical (unpaired) electrons. The average molecular weight is 256 g/mol. The number of thiol groups is 1. The maximum Gasteiger partial charge on any atom is 0.00456 e. The number of hydrogen-bond acceptors (Lipinski definition) is 1. The zero-order chi connectivity index (χ0) is 13.3. The molecular weight excluding hydrogens is 236 g/mol. The Hall–Kier alpha value is -1.21. The summed E-state index contributed by atoms with van der Waals surface area (Å²) in [4.78, 5) is 1.03. The average Bonchev–Trinajstić information content (AvgIpc) is 2.28. The van der Waals surface area contributed by atoms with E-state index < -0.39 is 0 Å². The maximum absolute atomic E-state index is 4.43. The van der Waals surface area contributed by atoms with Crippen molar-refractivity contribution in [1.82, 2.24) is 0 Å². The van der Waals surface area contributed by atoms with E-state index in [1.165, 1.54) is 27.8 Å². The van der Waals surface area contributed by atoms with Gasteiger partial charge in [-0.05, 0) is 59.7 Å². The van der Waals surface area contributed by atoms with Crippen LogP contribution in [0.1, 0.15) is 36.5 Å². The first-order valence-corrected chi connectivity index (χ1v) is 6.84. The van der Waals surface area contributed by atoms with Gasteiger partial charge in [0, 0.05) is 4.90 Å². The molecular formula is C17H20S. The van der Waals surface area contributed by atoms with Crippen LogP contribution in [-0.2, 0) is 0 Å². The third-order valence-corrected chi connectivity index (χ3v) is 3.64. The van der Waals surface area contributed by atoms with E-state index in [0.717, 1.165) is 4.90 Å². The molecule has 94 valence electrons. The van der Waals surface area contributed by atoms with Crippen LogP contribution in [0.2, 0.25) is 0 Å². The smallest absolute Gasteiger partial charge is 0.00456 e. The van der Waals surface area contributed by atoms with Crippen molar-refractivity contribution in [3.63, 3.8) is 0 Å². The molecule has 0 aliphatic rings. The molecule has 2 aromatic rings. The Morgan fingerprint density at radius 1 is 0.889 bits per heavy atom. The third kappa shape index (κ3) is 2.62. The molecule has 0 fully saturated rings. The molecule has 0 aliphatic carbocycles. The Labute approximate surface area is 115 Å². The van der Waals surface area contributed by atoms with E-state index in [1.807, 2.05) is 0 Å². The van der Waals surface area contributed by atoms with Gasteiger partial charge in [0.15, 0.2) is 0 Å². The molecule has 0 saturated carbocycles. The van der Waals surface area contributed by atoms with E-state index in [9.17, 15) is 0 Å². The van der Waals surface area contributed by atoms with Crippen LogP contribution < -0.4 is 0 Å². The lowest BCUT2D eigenvalue weighted by Gasteiger charge is -2.13. The van der Waals surface area contributed by atoms with Crippen molar-refractivity contribution in [2.24, 2.45) is 0 Å². The fourth-order valence-electron chi connectivity index (χ4n) is 2.43. The van der Waals surface area contributed by atoms with Gasteiger partial charge in [-0.15, -0.1) is 12.6 Å². The predicted octanol–water partition coefficient (Wildman–Crippen LogP) is 5.38. The van der Waals surface area contributed by atoms with Crippen molar-refractivity contribution in [1.29, 1.82) is 0 Å². The van der Waals surface area contributed by atoms with Crippen LogP contribution in [0.15, 0.2) is 41.3 Å². The first-order valence-electron chi connectivity index (χ1n) is 6.39. The van der Waals surface area contributed by atoms with Gasteiger partial charge in [-0.2, -0.15) is 0 Å². The minimum Gasteiger partial charge on any atom is -0.143 e. The van der Waals surface area contributed by atoms with Crippen molar-refractivity contribution in [3.05, 3.63) is 53.1 Å². The van der Waals surface area contributed by atoms with Crippen molar-refractivity contribution in [2.75, 3.05) is 0 Å². The van der Waals surface area contributed by atoms with E-state index in [2.05, 4.69) is 76.7 Å². The summed E-state index contributed by atoms with van der Waals surface area (Å²) in [6, 6.07) is 13.2. The minimum atomic E-state index is 0.584. The van der Waals surface area contributed by atoms with Gasteiger partial charge in [0.05, 0.1) is 0 Å². The third-order valence-electron chi connectivity index (χ3n) is 3.38. The van der Waals surface area contributed by atoms with Crippen LogP contribution >= 0.6 is 12.6 Å². The van der Waals surface area contributed by atoms with Crippen LogP contribution in [0.4, 0.5) is 0 Å². The van der Waals surface area contributed by atoms with E-state index in [4.69, 9.17) is 0 Å². The molecule has 0 N–H and O–H groups in total. The molecule has 2 rings (SSSR count). The largest absolute Gasteiger partial charge is 0.143 e. The number of rotatable bonds is 2. The first-order chi connectivity index (χ1) is 8.49. The van der Waals surface area contributed by atoms with Crippen molar-refractivity contribution in [3.8, 4) is 11.1 Å². The molecule has 0 bridgehead atoms. The Morgan fingerprint density at radius 2 is 1.39 bits per heavy atom. The first kappa shape index (κ1) is 13.2. The van der Waals surface area contributed by atoms with E-state index in [-0.39, 0.29) is 0 Å². The van der Waals surface area contributed by atoms with E-state index in [1.54, 1.807) is 0 Å². The molecule has 0 nitrogen and oxygen atoms in total. The quantitative estimate of drug-likeness (QED) is 0.685. The lowest BCUT2D eigenvalue weighted by molar-refractivity contribution is 0.867. The molecule has 0 spiro atoms. The predicted molar refractivity (Wildman–Crippen MR) is 82.7 cm³/mol. The van der Waals surface area contributed by atoms with Crippen molar-refractivity contribution < 1.29 is 0 Å². The second-order valence-corrected chi connectivity index (χ2v) is 5.75. The topological polar surface area (TPSA) is 0 Å². The zero-order valence-electron chi connectivity index (χ0n) is 11.5. The molecule has 0 saturated heterocycles. The highest BCUT2D eigenvalue weighted by Crippen LogP contribution is 2.30. The van der Waals surface area contributed by atoms with Gasteiger partial charge >= 0.3 is 0 Å². The lowest BCUT2D eigenvalue weighted by Crippen LogP contribution is -1.91. The Morgan fingerprint density at radius 3 is 1.83 bits per heavy atom. The second kappa shape index (κ2) is 5.19. The van der Waals surface area contributed by atoms with Gasteiger partial charge in [-0.3, -0.25) is 0 Å². The van der Waals surface area contributed by atoms with Gasteiger partial charge < -0.3 is 0 Å². The zero-order valence-corrected chi connectivity index (χ0v) is 12.4. The summed E-state index contributed by atoms with van der Waals surface area (Å²) < 4.78 is 0. The summed E-state index contributed by atoms with van der Waals surface area (Å²) in [5.74, 6) is 0.584. The van der Waals surface area contributed by atoms with Gasteiger partial charge in [0.2, 0.25) is 0 Å². The van der Waals surface area contributed by atoms with Crippen LogP contribution in [0.25, 0.3) is 11.1 Å². The summed E-state index contributed by atoms with van der Waals surface area (Å²) in [5, 5.41) is 0. The fraction of sp³-hybridized carbons (Fsp3) is 0.294. The monoisotopic (exact) mass is 256 g/mol. The summed E-state index contributed by atoms with van der Waals surface area (Å²) in [5.41, 5.74) is 6.60. The molecule has 0 heterocycles. The highest BCUT2D eigenvalue weighted by Gasteiger charge is 2.07. The number of benzene rings is 2. The summed E-state index contributed by atoms with van der Waals surface area (Å²) >= 11 is 4.43. The molecule has 2 aromatic carbocycles. The van der Waals surface area contributed by atoms with Crippen LogP contribution in [-0.4, -0.2) is 0 Å². The summed E-state index contributed by atoms with van der Waals surface area (Å²) in [6.45, 7) is 8.75. The molecule has 18 heavy (non-hydrogen) atoms. The Kier molecular flexibility index (Phi) is 3.82. The minimum absolute atomic E-state index is 0.584. The number of aryl methyl sites for hydroxylation is 2. The standard InChI is InChI=1S/C17H20S/c1-11(2)14-5-7-15(8-6-14)17-12(3)9-16(18)10-13(17)4/h5-11,18H,1-4H3. The van der Waals surface area contributed by atoms with Gasteiger partial charge in [0.25, 0.3) is 0 Å². The molecule has 0 aliphatic heterocycles. The van der Waals surface area contributed by atoms with Gasteiger partial charge in [-0.1, -0.05) is 38.1 Å². The van der Waals surface area contributed by atoms with E-state index >= 15 is 0 Å². The molecule has 0 amide bonds. The van der Waals surface area contributed by atoms with Crippen LogP contribution in [0.5, 0.6) is 0 Å². The number of hydrogen-bond donors (Lipinski definition) is 1. The molecule has 0 aromatic heterocycles. The summed E-state index contributed by atoms with van der Waals surface area (Å²) in [7, 11) is 0. The van der Waals surface area contributed by atoms with E-state index in [0.29, 0.717) is 5.92 Å².